The van der Waals surface area contributed by atoms with Crippen LogP contribution in [-0.2, 0) is 10.9 Å². The average molecular weight is 347 g/mol. The van der Waals surface area contributed by atoms with E-state index in [4.69, 9.17) is 12.2 Å². The molecule has 0 aromatic rings. The molecule has 1 nitrogen and oxygen atoms in total. The fourth-order valence-corrected chi connectivity index (χ4v) is 5.91. The lowest BCUT2D eigenvalue weighted by Gasteiger charge is -2.17. The van der Waals surface area contributed by atoms with Gasteiger partial charge in [-0.15, -0.1) is 0 Å². The van der Waals surface area contributed by atoms with Crippen molar-refractivity contribution in [2.24, 2.45) is 0 Å². The maximum absolute atomic E-state index is 9.24. The molecule has 4 heteroatoms. The molecule has 122 valence electrons. The molecule has 0 aliphatic rings. The van der Waals surface area contributed by atoms with Crippen molar-refractivity contribution in [2.45, 2.75) is 89.7 Å². The van der Waals surface area contributed by atoms with Crippen molar-refractivity contribution in [1.82, 2.24) is 0 Å². The molecule has 0 aliphatic heterocycles. The molecule has 0 fully saturated rings. The van der Waals surface area contributed by atoms with Gasteiger partial charge in [0.25, 0.3) is 3.53 Å². The minimum atomic E-state index is -0.363. The van der Waals surface area contributed by atoms with Gasteiger partial charge < -0.3 is 0 Å². The van der Waals surface area contributed by atoms with E-state index in [-0.39, 0.29) is 15.6 Å². The Balaban J connectivity index is 3.65. The van der Waals surface area contributed by atoms with Crippen LogP contribution in [0.1, 0.15) is 85.0 Å². The maximum Gasteiger partial charge on any atom is 0.251 e. The number of nitriles is 1. The van der Waals surface area contributed by atoms with Crippen LogP contribution >= 0.6 is 24.8 Å². The number of thiol groups is 1. The monoisotopic (exact) mass is 346 g/mol. The summed E-state index contributed by atoms with van der Waals surface area (Å²) in [6, 6.07) is 2.38. The van der Waals surface area contributed by atoms with Crippen LogP contribution in [0.25, 0.3) is 0 Å². The fourth-order valence-electron chi connectivity index (χ4n) is 2.35. The number of unbranched alkanes of at least 4 members (excludes halogenated alkanes) is 9. The molecule has 0 rings (SSSR count). The van der Waals surface area contributed by atoms with E-state index in [0.29, 0.717) is 0 Å². The summed E-state index contributed by atoms with van der Waals surface area (Å²) in [5.41, 5.74) is 0. The van der Waals surface area contributed by atoms with Crippen molar-refractivity contribution in [3.05, 3.63) is 0 Å². The first-order valence-electron chi connectivity index (χ1n) is 8.31. The summed E-state index contributed by atoms with van der Waals surface area (Å²) < 4.78 is 0.357. The van der Waals surface area contributed by atoms with Gasteiger partial charge >= 0.3 is 0 Å². The highest BCUT2D eigenvalue weighted by molar-refractivity contribution is 8.40. The van der Waals surface area contributed by atoms with Gasteiger partial charge in [0.05, 0.1) is 10.9 Å². The van der Waals surface area contributed by atoms with Crippen LogP contribution in [0.3, 0.4) is 0 Å². The smallest absolute Gasteiger partial charge is 0.192 e. The van der Waals surface area contributed by atoms with E-state index in [1.54, 1.807) is 0 Å². The van der Waals surface area contributed by atoms with Crippen molar-refractivity contribution in [3.8, 4) is 6.07 Å². The first-order valence-corrected chi connectivity index (χ1v) is 10.6. The molecule has 0 aromatic heterocycles. The summed E-state index contributed by atoms with van der Waals surface area (Å²) in [4.78, 5) is 0. The van der Waals surface area contributed by atoms with E-state index in [9.17, 15) is 5.26 Å². The number of thiocarbonyl (C=S) groups is 1. The standard InChI is InChI=1S/C17H31NS3/c1-4-5-6-7-8-9-10-11-12-13-14-21(16(19)20)17(2,3)15-18/h4-14H2,1-3H3/p+1. The third-order valence-electron chi connectivity index (χ3n) is 3.80. The molecule has 21 heavy (non-hydrogen) atoms. The number of hydrogen-bond donors (Lipinski definition) is 1. The minimum absolute atomic E-state index is 0.165. The van der Waals surface area contributed by atoms with Gasteiger partial charge in [-0.3, -0.25) is 0 Å². The summed E-state index contributed by atoms with van der Waals surface area (Å²) in [5.74, 6) is 1.03. The molecule has 0 aliphatic carbocycles. The fraction of sp³-hybridized carbons (Fsp3) is 0.882. The number of nitrogens with zero attached hydrogens (tertiary/aromatic N) is 1. The highest BCUT2D eigenvalue weighted by Crippen LogP contribution is 2.24. The zero-order chi connectivity index (χ0) is 16.1. The van der Waals surface area contributed by atoms with Crippen LogP contribution in [0, 0.1) is 11.3 Å². The maximum atomic E-state index is 9.24. The van der Waals surface area contributed by atoms with Crippen LogP contribution in [-0.4, -0.2) is 14.0 Å². The summed E-state index contributed by atoms with van der Waals surface area (Å²) in [5, 5.41) is 9.24. The first kappa shape index (κ1) is 21.3. The average Bonchev–Trinajstić information content (AvgIpc) is 2.44. The van der Waals surface area contributed by atoms with Crippen LogP contribution in [0.2, 0.25) is 0 Å². The van der Waals surface area contributed by atoms with Crippen LogP contribution < -0.4 is 0 Å². The molecular formula is C17H32NS3+. The van der Waals surface area contributed by atoms with Crippen molar-refractivity contribution >= 4 is 39.3 Å². The Morgan fingerprint density at radius 3 is 1.81 bits per heavy atom. The van der Waals surface area contributed by atoms with Crippen LogP contribution in [0.15, 0.2) is 0 Å². The second kappa shape index (κ2) is 12.8. The Bertz CT molecular complexity index is 320. The molecule has 0 saturated carbocycles. The highest BCUT2D eigenvalue weighted by Gasteiger charge is 2.41. The molecule has 0 N–H and O–H groups in total. The lowest BCUT2D eigenvalue weighted by Crippen LogP contribution is -2.35. The van der Waals surface area contributed by atoms with E-state index in [1.807, 2.05) is 13.8 Å². The second-order valence-corrected chi connectivity index (χ2v) is 10.5. The Kier molecular flexibility index (Phi) is 13.0. The zero-order valence-corrected chi connectivity index (χ0v) is 16.5. The molecule has 0 spiro atoms. The Morgan fingerprint density at radius 1 is 1.00 bits per heavy atom. The molecule has 0 radical (unpaired) electrons. The van der Waals surface area contributed by atoms with E-state index < -0.39 is 0 Å². The molecule has 0 bridgehead atoms. The topological polar surface area (TPSA) is 23.8 Å². The summed E-state index contributed by atoms with van der Waals surface area (Å²) in [7, 11) is -0.165. The Hall–Kier alpha value is 0.280. The third-order valence-corrected chi connectivity index (χ3v) is 7.50. The van der Waals surface area contributed by atoms with E-state index in [2.05, 4.69) is 25.6 Å². The molecule has 0 saturated heterocycles. The largest absolute Gasteiger partial charge is 0.251 e. The minimum Gasteiger partial charge on any atom is -0.192 e. The van der Waals surface area contributed by atoms with Crippen molar-refractivity contribution in [1.29, 1.82) is 5.26 Å². The van der Waals surface area contributed by atoms with Crippen molar-refractivity contribution < 1.29 is 0 Å². The van der Waals surface area contributed by atoms with Crippen molar-refractivity contribution in [3.63, 3.8) is 0 Å². The van der Waals surface area contributed by atoms with Gasteiger partial charge in [0, 0.05) is 13.8 Å². The van der Waals surface area contributed by atoms with Gasteiger partial charge in [0.1, 0.15) is 11.8 Å². The molecule has 0 amide bonds. The van der Waals surface area contributed by atoms with Gasteiger partial charge in [-0.1, -0.05) is 70.9 Å². The third kappa shape index (κ3) is 10.6. The zero-order valence-electron chi connectivity index (χ0n) is 14.0. The van der Waals surface area contributed by atoms with Gasteiger partial charge in [-0.05, 0) is 25.1 Å². The van der Waals surface area contributed by atoms with Gasteiger partial charge in [0.2, 0.25) is 4.75 Å². The Morgan fingerprint density at radius 2 is 1.43 bits per heavy atom. The molecule has 1 atom stereocenters. The van der Waals surface area contributed by atoms with Gasteiger partial charge in [-0.2, -0.15) is 5.26 Å². The predicted molar refractivity (Wildman–Crippen MR) is 105 cm³/mol. The number of hydrogen-bond acceptors (Lipinski definition) is 2. The van der Waals surface area contributed by atoms with Crippen LogP contribution in [0.5, 0.6) is 0 Å². The van der Waals surface area contributed by atoms with E-state index in [1.165, 1.54) is 64.2 Å². The van der Waals surface area contributed by atoms with Crippen molar-refractivity contribution in [2.75, 3.05) is 5.75 Å². The molecule has 1 unspecified atom stereocenters. The predicted octanol–water partition coefficient (Wildman–Crippen LogP) is 6.04. The summed E-state index contributed by atoms with van der Waals surface area (Å²) in [6.45, 7) is 6.22. The quantitative estimate of drug-likeness (QED) is 0.201. The first-order chi connectivity index (χ1) is 9.95. The molecular weight excluding hydrogens is 314 g/mol. The molecule has 0 heterocycles. The van der Waals surface area contributed by atoms with Gasteiger partial charge in [-0.25, -0.2) is 0 Å². The Labute approximate surface area is 146 Å². The highest BCUT2D eigenvalue weighted by atomic mass is 32.3. The SMILES string of the molecule is CCCCCCCCCCCC[S+](C(=S)S)C(C)(C)C#N. The van der Waals surface area contributed by atoms with E-state index >= 15 is 0 Å². The van der Waals surface area contributed by atoms with Crippen LogP contribution in [0.4, 0.5) is 0 Å². The lowest BCUT2D eigenvalue weighted by atomic mass is 10.1. The lowest BCUT2D eigenvalue weighted by molar-refractivity contribution is 0.563. The summed E-state index contributed by atoms with van der Waals surface area (Å²) >= 11 is 9.56. The second-order valence-electron chi connectivity index (χ2n) is 6.16. The van der Waals surface area contributed by atoms with E-state index in [0.717, 1.165) is 9.28 Å². The normalized spacial score (nSPS) is 12.9. The molecule has 0 aromatic carbocycles. The van der Waals surface area contributed by atoms with Gasteiger partial charge in [0.15, 0.2) is 0 Å². The number of rotatable bonds is 12. The summed E-state index contributed by atoms with van der Waals surface area (Å²) in [6.07, 6.45) is 13.4.